The van der Waals surface area contributed by atoms with Gasteiger partial charge in [0.1, 0.15) is 0 Å². The molecule has 0 fully saturated rings. The summed E-state index contributed by atoms with van der Waals surface area (Å²) >= 11 is 0. The first-order valence-electron chi connectivity index (χ1n) is 4.91. The van der Waals surface area contributed by atoms with Crippen LogP contribution in [0, 0.1) is 0 Å². The summed E-state index contributed by atoms with van der Waals surface area (Å²) < 4.78 is 10.5. The molecule has 5 heteroatoms. The van der Waals surface area contributed by atoms with E-state index < -0.39 is 0 Å². The number of hydrogen-bond donors (Lipinski definition) is 2. The van der Waals surface area contributed by atoms with Gasteiger partial charge in [-0.15, -0.1) is 12.4 Å². The van der Waals surface area contributed by atoms with Crippen LogP contribution in [0.15, 0.2) is 18.2 Å². The highest BCUT2D eigenvalue weighted by Crippen LogP contribution is 2.34. The molecule has 1 aromatic carbocycles. The second-order valence-corrected chi connectivity index (χ2v) is 3.27. The molecule has 4 nitrogen and oxygen atoms in total. The number of nitrogens with two attached hydrogens (primary N) is 2. The second kappa shape index (κ2) is 7.33. The van der Waals surface area contributed by atoms with Crippen molar-refractivity contribution in [3.8, 4) is 11.5 Å². The van der Waals surface area contributed by atoms with Crippen molar-refractivity contribution in [2.75, 3.05) is 20.8 Å². The third kappa shape index (κ3) is 3.27. The molecule has 0 aromatic heterocycles. The topological polar surface area (TPSA) is 70.5 Å². The van der Waals surface area contributed by atoms with E-state index in [9.17, 15) is 0 Å². The van der Waals surface area contributed by atoms with E-state index in [1.165, 1.54) is 0 Å². The fourth-order valence-electron chi connectivity index (χ4n) is 1.54. The van der Waals surface area contributed by atoms with Gasteiger partial charge in [0.25, 0.3) is 0 Å². The molecular weight excluding hydrogens is 228 g/mol. The molecule has 0 spiro atoms. The van der Waals surface area contributed by atoms with Crippen molar-refractivity contribution in [3.05, 3.63) is 23.8 Å². The Labute approximate surface area is 102 Å². The van der Waals surface area contributed by atoms with Crippen LogP contribution >= 0.6 is 12.4 Å². The molecule has 1 rings (SSSR count). The quantitative estimate of drug-likeness (QED) is 0.826. The summed E-state index contributed by atoms with van der Waals surface area (Å²) in [7, 11) is 3.21. The molecule has 1 atom stereocenters. The van der Waals surface area contributed by atoms with E-state index >= 15 is 0 Å². The average molecular weight is 247 g/mol. The van der Waals surface area contributed by atoms with Crippen LogP contribution in [0.4, 0.5) is 0 Å². The summed E-state index contributed by atoms with van der Waals surface area (Å²) in [6.45, 7) is 0.557. The minimum atomic E-state index is -0.111. The zero-order valence-electron chi connectivity index (χ0n) is 9.60. The molecule has 0 saturated heterocycles. The van der Waals surface area contributed by atoms with Crippen molar-refractivity contribution in [2.24, 2.45) is 11.5 Å². The Morgan fingerprint density at radius 1 is 1.25 bits per heavy atom. The predicted octanol–water partition coefficient (Wildman–Crippen LogP) is 1.47. The van der Waals surface area contributed by atoms with Gasteiger partial charge in [-0.3, -0.25) is 0 Å². The molecule has 1 aromatic rings. The maximum Gasteiger partial charge on any atom is 0.165 e. The Kier molecular flexibility index (Phi) is 6.88. The number of hydrogen-bond acceptors (Lipinski definition) is 4. The monoisotopic (exact) mass is 246 g/mol. The van der Waals surface area contributed by atoms with Crippen LogP contribution in [-0.4, -0.2) is 20.8 Å². The predicted molar refractivity (Wildman–Crippen MR) is 67.4 cm³/mol. The first-order chi connectivity index (χ1) is 7.24. The van der Waals surface area contributed by atoms with Crippen molar-refractivity contribution in [1.82, 2.24) is 0 Å². The first-order valence-corrected chi connectivity index (χ1v) is 4.91. The van der Waals surface area contributed by atoms with Crippen LogP contribution in [0.1, 0.15) is 18.0 Å². The first kappa shape index (κ1) is 15.0. The summed E-state index contributed by atoms with van der Waals surface area (Å²) in [6, 6.07) is 5.56. The van der Waals surface area contributed by atoms with Gasteiger partial charge < -0.3 is 20.9 Å². The van der Waals surface area contributed by atoms with E-state index in [0.717, 1.165) is 12.0 Å². The largest absolute Gasteiger partial charge is 0.493 e. The molecule has 0 amide bonds. The third-order valence-electron chi connectivity index (χ3n) is 2.31. The van der Waals surface area contributed by atoms with E-state index in [0.29, 0.717) is 18.0 Å². The fraction of sp³-hybridized carbons (Fsp3) is 0.455. The molecule has 0 aliphatic heterocycles. The molecule has 0 aliphatic rings. The van der Waals surface area contributed by atoms with Gasteiger partial charge in [0, 0.05) is 11.6 Å². The Bertz CT molecular complexity index is 321. The van der Waals surface area contributed by atoms with E-state index in [2.05, 4.69) is 0 Å². The van der Waals surface area contributed by atoms with Gasteiger partial charge in [-0.25, -0.2) is 0 Å². The van der Waals surface area contributed by atoms with E-state index in [4.69, 9.17) is 20.9 Å². The number of methoxy groups -OCH3 is 2. The van der Waals surface area contributed by atoms with E-state index in [1.54, 1.807) is 14.2 Å². The summed E-state index contributed by atoms with van der Waals surface area (Å²) in [5.41, 5.74) is 12.4. The number of halogens is 1. The Hall–Kier alpha value is -0.970. The Morgan fingerprint density at radius 2 is 1.94 bits per heavy atom. The standard InChI is InChI=1S/C11H18N2O2.ClH/c1-14-10-5-3-4-8(11(10)15-2)9(13)6-7-12;/h3-5,9H,6-7,12-13H2,1-2H3;1H/t9-;/m0./s1. The molecule has 0 saturated carbocycles. The zero-order chi connectivity index (χ0) is 11.3. The summed E-state index contributed by atoms with van der Waals surface area (Å²) in [5, 5.41) is 0. The van der Waals surface area contributed by atoms with Crippen LogP contribution in [-0.2, 0) is 0 Å². The Balaban J connectivity index is 0.00000225. The summed E-state index contributed by atoms with van der Waals surface area (Å²) in [6.07, 6.45) is 0.726. The van der Waals surface area contributed by atoms with Crippen molar-refractivity contribution >= 4 is 12.4 Å². The summed E-state index contributed by atoms with van der Waals surface area (Å²) in [5.74, 6) is 1.39. The summed E-state index contributed by atoms with van der Waals surface area (Å²) in [4.78, 5) is 0. The van der Waals surface area contributed by atoms with Gasteiger partial charge in [0.15, 0.2) is 11.5 Å². The van der Waals surface area contributed by atoms with Crippen molar-refractivity contribution in [3.63, 3.8) is 0 Å². The normalized spacial score (nSPS) is 11.5. The number of benzene rings is 1. The van der Waals surface area contributed by atoms with Crippen LogP contribution in [0.3, 0.4) is 0 Å². The molecular formula is C11H19ClN2O2. The number of ether oxygens (including phenoxy) is 2. The number of rotatable bonds is 5. The highest BCUT2D eigenvalue weighted by Gasteiger charge is 2.14. The minimum Gasteiger partial charge on any atom is -0.493 e. The fourth-order valence-corrected chi connectivity index (χ4v) is 1.54. The Morgan fingerprint density at radius 3 is 2.44 bits per heavy atom. The smallest absolute Gasteiger partial charge is 0.165 e. The lowest BCUT2D eigenvalue weighted by molar-refractivity contribution is 0.349. The maximum absolute atomic E-state index is 5.99. The highest BCUT2D eigenvalue weighted by molar-refractivity contribution is 5.85. The van der Waals surface area contributed by atoms with Gasteiger partial charge in [0.05, 0.1) is 14.2 Å². The zero-order valence-corrected chi connectivity index (χ0v) is 10.4. The molecule has 16 heavy (non-hydrogen) atoms. The van der Waals surface area contributed by atoms with Gasteiger partial charge in [-0.05, 0) is 19.0 Å². The van der Waals surface area contributed by atoms with E-state index in [-0.39, 0.29) is 18.4 Å². The molecule has 0 aliphatic carbocycles. The number of para-hydroxylation sites is 1. The lowest BCUT2D eigenvalue weighted by Crippen LogP contribution is -2.16. The lowest BCUT2D eigenvalue weighted by atomic mass is 10.0. The van der Waals surface area contributed by atoms with Crippen LogP contribution in [0.2, 0.25) is 0 Å². The molecule has 0 radical (unpaired) electrons. The van der Waals surface area contributed by atoms with Crippen molar-refractivity contribution < 1.29 is 9.47 Å². The van der Waals surface area contributed by atoms with Crippen LogP contribution in [0.5, 0.6) is 11.5 Å². The molecule has 92 valence electrons. The van der Waals surface area contributed by atoms with Crippen molar-refractivity contribution in [1.29, 1.82) is 0 Å². The SMILES string of the molecule is COc1cccc([C@@H](N)CCN)c1OC.Cl. The van der Waals surface area contributed by atoms with E-state index in [1.807, 2.05) is 18.2 Å². The third-order valence-corrected chi connectivity index (χ3v) is 2.31. The average Bonchev–Trinajstić information content (AvgIpc) is 2.28. The minimum absolute atomic E-state index is 0. The van der Waals surface area contributed by atoms with Gasteiger partial charge in [-0.2, -0.15) is 0 Å². The second-order valence-electron chi connectivity index (χ2n) is 3.27. The maximum atomic E-state index is 5.99. The molecule has 0 bridgehead atoms. The van der Waals surface area contributed by atoms with Gasteiger partial charge >= 0.3 is 0 Å². The molecule has 4 N–H and O–H groups in total. The molecule has 0 heterocycles. The van der Waals surface area contributed by atoms with Gasteiger partial charge in [-0.1, -0.05) is 12.1 Å². The van der Waals surface area contributed by atoms with Crippen molar-refractivity contribution in [2.45, 2.75) is 12.5 Å². The van der Waals surface area contributed by atoms with Gasteiger partial charge in [0.2, 0.25) is 0 Å². The van der Waals surface area contributed by atoms with Crippen LogP contribution < -0.4 is 20.9 Å². The molecule has 0 unspecified atom stereocenters. The highest BCUT2D eigenvalue weighted by atomic mass is 35.5. The lowest BCUT2D eigenvalue weighted by Gasteiger charge is -2.17. The van der Waals surface area contributed by atoms with Crippen LogP contribution in [0.25, 0.3) is 0 Å².